The molecule has 0 saturated carbocycles. The van der Waals surface area contributed by atoms with Gasteiger partial charge in [0, 0.05) is 0 Å². The summed E-state index contributed by atoms with van der Waals surface area (Å²) in [6.07, 6.45) is 0. The predicted octanol–water partition coefficient (Wildman–Crippen LogP) is 1.41. The van der Waals surface area contributed by atoms with Crippen LogP contribution < -0.4 is 4.74 Å². The Labute approximate surface area is 64.9 Å². The molecule has 0 fully saturated rings. The standard InChI is InChI=1S/C8H10O3/c1-5-3-4-6(11-2)8(10)7(5)9/h3-4,9-10H,1-2H3. The van der Waals surface area contributed by atoms with E-state index in [1.807, 2.05) is 0 Å². The van der Waals surface area contributed by atoms with E-state index in [1.165, 1.54) is 7.11 Å². The number of rotatable bonds is 1. The van der Waals surface area contributed by atoms with Gasteiger partial charge in [-0.05, 0) is 18.6 Å². The molecule has 0 radical (unpaired) electrons. The molecule has 2 N–H and O–H groups in total. The number of hydrogen-bond donors (Lipinski definition) is 2. The number of phenolic OH excluding ortho intramolecular Hbond substituents is 2. The first-order chi connectivity index (χ1) is 5.16. The second-order valence-electron chi connectivity index (χ2n) is 2.28. The SMILES string of the molecule is COc1ccc(C)c(O)c1O. The quantitative estimate of drug-likeness (QED) is 0.601. The molecule has 0 amide bonds. The van der Waals surface area contributed by atoms with Crippen molar-refractivity contribution in [2.24, 2.45) is 0 Å². The molecule has 11 heavy (non-hydrogen) atoms. The van der Waals surface area contributed by atoms with Crippen molar-refractivity contribution in [2.45, 2.75) is 6.92 Å². The highest BCUT2D eigenvalue weighted by Crippen LogP contribution is 2.36. The Kier molecular flexibility index (Phi) is 1.89. The summed E-state index contributed by atoms with van der Waals surface area (Å²) in [7, 11) is 1.43. The third-order valence-electron chi connectivity index (χ3n) is 1.54. The molecule has 1 rings (SSSR count). The van der Waals surface area contributed by atoms with E-state index in [1.54, 1.807) is 19.1 Å². The molecule has 0 heterocycles. The van der Waals surface area contributed by atoms with Crippen molar-refractivity contribution in [3.05, 3.63) is 17.7 Å². The first-order valence-electron chi connectivity index (χ1n) is 3.22. The highest BCUT2D eigenvalue weighted by molar-refractivity contribution is 5.53. The summed E-state index contributed by atoms with van der Waals surface area (Å²) in [5.74, 6) is -0.0371. The van der Waals surface area contributed by atoms with Crippen LogP contribution in [0.1, 0.15) is 5.56 Å². The van der Waals surface area contributed by atoms with Crippen LogP contribution in [-0.4, -0.2) is 17.3 Å². The van der Waals surface area contributed by atoms with Gasteiger partial charge in [-0.15, -0.1) is 0 Å². The van der Waals surface area contributed by atoms with E-state index in [9.17, 15) is 10.2 Å². The van der Waals surface area contributed by atoms with Crippen molar-refractivity contribution in [1.82, 2.24) is 0 Å². The van der Waals surface area contributed by atoms with Crippen LogP contribution in [0.15, 0.2) is 12.1 Å². The highest BCUT2D eigenvalue weighted by Gasteiger charge is 2.07. The fraction of sp³-hybridized carbons (Fsp3) is 0.250. The lowest BCUT2D eigenvalue weighted by Gasteiger charge is -2.05. The summed E-state index contributed by atoms with van der Waals surface area (Å²) < 4.78 is 4.77. The zero-order chi connectivity index (χ0) is 8.43. The van der Waals surface area contributed by atoms with Crippen LogP contribution in [0.4, 0.5) is 0 Å². The summed E-state index contributed by atoms with van der Waals surface area (Å²) in [4.78, 5) is 0. The van der Waals surface area contributed by atoms with Gasteiger partial charge in [0.05, 0.1) is 7.11 Å². The van der Waals surface area contributed by atoms with E-state index in [0.29, 0.717) is 5.56 Å². The molecular weight excluding hydrogens is 144 g/mol. The van der Waals surface area contributed by atoms with Gasteiger partial charge in [-0.25, -0.2) is 0 Å². The van der Waals surface area contributed by atoms with E-state index in [2.05, 4.69) is 0 Å². The van der Waals surface area contributed by atoms with Gasteiger partial charge in [-0.1, -0.05) is 6.07 Å². The second-order valence-corrected chi connectivity index (χ2v) is 2.28. The highest BCUT2D eigenvalue weighted by atomic mass is 16.5. The first-order valence-corrected chi connectivity index (χ1v) is 3.22. The molecule has 0 aliphatic heterocycles. The van der Waals surface area contributed by atoms with E-state index in [4.69, 9.17) is 4.74 Å². The maximum atomic E-state index is 9.20. The molecule has 0 spiro atoms. The Morgan fingerprint density at radius 1 is 1.18 bits per heavy atom. The van der Waals surface area contributed by atoms with Crippen molar-refractivity contribution in [3.8, 4) is 17.2 Å². The minimum absolute atomic E-state index is 0.121. The predicted molar refractivity (Wildman–Crippen MR) is 41.1 cm³/mol. The van der Waals surface area contributed by atoms with Gasteiger partial charge < -0.3 is 14.9 Å². The lowest BCUT2D eigenvalue weighted by molar-refractivity contribution is 0.350. The molecule has 3 nitrogen and oxygen atoms in total. The summed E-state index contributed by atoms with van der Waals surface area (Å²) in [6.45, 7) is 1.70. The van der Waals surface area contributed by atoms with Gasteiger partial charge in [0.1, 0.15) is 0 Å². The summed E-state index contributed by atoms with van der Waals surface area (Å²) in [5, 5.41) is 18.4. The smallest absolute Gasteiger partial charge is 0.200 e. The Morgan fingerprint density at radius 2 is 1.82 bits per heavy atom. The molecule has 60 valence electrons. The normalized spacial score (nSPS) is 9.64. The lowest BCUT2D eigenvalue weighted by atomic mass is 10.2. The lowest BCUT2D eigenvalue weighted by Crippen LogP contribution is -1.84. The van der Waals surface area contributed by atoms with E-state index in [0.717, 1.165) is 0 Å². The molecule has 0 aliphatic rings. The molecule has 0 aromatic heterocycles. The van der Waals surface area contributed by atoms with Gasteiger partial charge >= 0.3 is 0 Å². The number of phenols is 2. The number of aromatic hydroxyl groups is 2. The minimum atomic E-state index is -0.201. The first kappa shape index (κ1) is 7.72. The molecule has 0 atom stereocenters. The fourth-order valence-corrected chi connectivity index (χ4v) is 0.827. The van der Waals surface area contributed by atoms with Crippen LogP contribution in [0.2, 0.25) is 0 Å². The van der Waals surface area contributed by atoms with Gasteiger partial charge in [0.2, 0.25) is 5.75 Å². The summed E-state index contributed by atoms with van der Waals surface area (Å²) >= 11 is 0. The molecule has 0 unspecified atom stereocenters. The van der Waals surface area contributed by atoms with Crippen molar-refractivity contribution in [1.29, 1.82) is 0 Å². The number of aryl methyl sites for hydroxylation is 1. The topological polar surface area (TPSA) is 49.7 Å². The second kappa shape index (κ2) is 2.70. The van der Waals surface area contributed by atoms with Crippen LogP contribution in [0.5, 0.6) is 17.2 Å². The average molecular weight is 154 g/mol. The van der Waals surface area contributed by atoms with Gasteiger partial charge in [0.25, 0.3) is 0 Å². The van der Waals surface area contributed by atoms with E-state index in [-0.39, 0.29) is 17.2 Å². The van der Waals surface area contributed by atoms with Gasteiger partial charge in [-0.2, -0.15) is 0 Å². The van der Waals surface area contributed by atoms with Gasteiger partial charge in [0.15, 0.2) is 11.5 Å². The van der Waals surface area contributed by atoms with Crippen LogP contribution in [0, 0.1) is 6.92 Å². The Hall–Kier alpha value is -1.38. The van der Waals surface area contributed by atoms with Crippen LogP contribution in [0.3, 0.4) is 0 Å². The zero-order valence-corrected chi connectivity index (χ0v) is 6.46. The fourth-order valence-electron chi connectivity index (χ4n) is 0.827. The van der Waals surface area contributed by atoms with Crippen molar-refractivity contribution < 1.29 is 14.9 Å². The Morgan fingerprint density at radius 3 is 2.36 bits per heavy atom. The largest absolute Gasteiger partial charge is 0.504 e. The molecule has 3 heteroatoms. The Bertz CT molecular complexity index is 268. The maximum absolute atomic E-state index is 9.20. The minimum Gasteiger partial charge on any atom is -0.504 e. The number of benzene rings is 1. The maximum Gasteiger partial charge on any atom is 0.200 e. The summed E-state index contributed by atoms with van der Waals surface area (Å²) in [5.41, 5.74) is 0.628. The molecule has 0 bridgehead atoms. The number of methoxy groups -OCH3 is 1. The molecular formula is C8H10O3. The van der Waals surface area contributed by atoms with Crippen LogP contribution in [0.25, 0.3) is 0 Å². The average Bonchev–Trinajstić information content (AvgIpc) is 2.01. The molecule has 0 saturated heterocycles. The molecule has 1 aromatic carbocycles. The van der Waals surface area contributed by atoms with Crippen molar-refractivity contribution in [3.63, 3.8) is 0 Å². The van der Waals surface area contributed by atoms with Crippen molar-refractivity contribution >= 4 is 0 Å². The zero-order valence-electron chi connectivity index (χ0n) is 6.46. The van der Waals surface area contributed by atoms with E-state index < -0.39 is 0 Å². The number of ether oxygens (including phenoxy) is 1. The molecule has 0 aliphatic carbocycles. The van der Waals surface area contributed by atoms with Crippen LogP contribution in [-0.2, 0) is 0 Å². The third kappa shape index (κ3) is 1.22. The monoisotopic (exact) mass is 154 g/mol. The number of hydrogen-bond acceptors (Lipinski definition) is 3. The van der Waals surface area contributed by atoms with E-state index >= 15 is 0 Å². The molecule has 1 aromatic rings. The Balaban J connectivity index is 3.25. The van der Waals surface area contributed by atoms with Gasteiger partial charge in [-0.3, -0.25) is 0 Å². The third-order valence-corrected chi connectivity index (χ3v) is 1.54. The van der Waals surface area contributed by atoms with Crippen LogP contribution >= 0.6 is 0 Å². The van der Waals surface area contributed by atoms with Crippen molar-refractivity contribution in [2.75, 3.05) is 7.11 Å². The summed E-state index contributed by atoms with van der Waals surface area (Å²) in [6, 6.07) is 3.28.